The lowest BCUT2D eigenvalue weighted by molar-refractivity contribution is -0.119. The lowest BCUT2D eigenvalue weighted by Gasteiger charge is -2.46. The van der Waals surface area contributed by atoms with Gasteiger partial charge in [-0.15, -0.1) is 0 Å². The first kappa shape index (κ1) is 20.0. The molecule has 1 aromatic carbocycles. The minimum absolute atomic E-state index is 0.0132. The predicted molar refractivity (Wildman–Crippen MR) is 111 cm³/mol. The number of aromatic nitrogens is 2. The van der Waals surface area contributed by atoms with Crippen molar-refractivity contribution in [1.29, 1.82) is 0 Å². The summed E-state index contributed by atoms with van der Waals surface area (Å²) in [6, 6.07) is 11.0. The molecule has 2 saturated heterocycles. The van der Waals surface area contributed by atoms with E-state index in [4.69, 9.17) is 4.74 Å². The minimum Gasteiger partial charge on any atom is -0.367 e. The van der Waals surface area contributed by atoms with Gasteiger partial charge in [0.2, 0.25) is 0 Å². The molecule has 0 saturated carbocycles. The molecule has 0 bridgehead atoms. The summed E-state index contributed by atoms with van der Waals surface area (Å²) in [7, 11) is 0. The highest BCUT2D eigenvalue weighted by Crippen LogP contribution is 2.31. The quantitative estimate of drug-likeness (QED) is 0.797. The van der Waals surface area contributed by atoms with Crippen LogP contribution in [-0.2, 0) is 4.74 Å². The third kappa shape index (κ3) is 4.65. The van der Waals surface area contributed by atoms with Crippen molar-refractivity contribution in [2.45, 2.75) is 44.9 Å². The lowest BCUT2D eigenvalue weighted by Crippen LogP contribution is -2.53. The molecule has 0 unspecified atom stereocenters. The molecule has 0 spiro atoms. The van der Waals surface area contributed by atoms with E-state index in [1.807, 2.05) is 11.0 Å². The number of piperidine rings is 1. The van der Waals surface area contributed by atoms with Gasteiger partial charge < -0.3 is 9.64 Å². The second-order valence-electron chi connectivity index (χ2n) is 8.39. The summed E-state index contributed by atoms with van der Waals surface area (Å²) >= 11 is 0. The maximum atomic E-state index is 12.7. The summed E-state index contributed by atoms with van der Waals surface area (Å²) < 4.78 is 6.45. The second kappa shape index (κ2) is 9.01. The Balaban J connectivity index is 1.41. The van der Waals surface area contributed by atoms with Crippen molar-refractivity contribution in [2.75, 3.05) is 26.2 Å². The third-order valence-electron chi connectivity index (χ3n) is 6.12. The molecule has 29 heavy (non-hydrogen) atoms. The van der Waals surface area contributed by atoms with E-state index < -0.39 is 0 Å². The molecular weight excluding hydrogens is 364 g/mol. The maximum Gasteiger partial charge on any atom is 0.274 e. The Kier molecular flexibility index (Phi) is 6.21. The van der Waals surface area contributed by atoms with Gasteiger partial charge in [0.05, 0.1) is 18.4 Å². The Morgan fingerprint density at radius 3 is 2.52 bits per heavy atom. The Morgan fingerprint density at radius 1 is 1.10 bits per heavy atom. The average Bonchev–Trinajstić information content (AvgIpc) is 2.79. The fraction of sp³-hybridized carbons (Fsp3) is 0.522. The molecule has 3 heterocycles. The van der Waals surface area contributed by atoms with E-state index in [2.05, 4.69) is 53.0 Å². The van der Waals surface area contributed by atoms with Crippen LogP contribution in [0.3, 0.4) is 0 Å². The van der Waals surface area contributed by atoms with Crippen LogP contribution in [-0.4, -0.2) is 64.0 Å². The van der Waals surface area contributed by atoms with Gasteiger partial charge >= 0.3 is 0 Å². The second-order valence-corrected chi connectivity index (χ2v) is 8.39. The van der Waals surface area contributed by atoms with Gasteiger partial charge in [0.1, 0.15) is 5.69 Å². The van der Waals surface area contributed by atoms with Crippen molar-refractivity contribution in [3.05, 3.63) is 60.2 Å². The van der Waals surface area contributed by atoms with Crippen LogP contribution in [0.15, 0.2) is 48.9 Å². The van der Waals surface area contributed by atoms with E-state index in [0.717, 1.165) is 39.0 Å². The molecule has 2 atom stereocenters. The van der Waals surface area contributed by atoms with E-state index in [1.54, 1.807) is 18.6 Å². The summed E-state index contributed by atoms with van der Waals surface area (Å²) in [6.45, 7) is 7.87. The number of hydrogen-bond acceptors (Lipinski definition) is 5. The zero-order chi connectivity index (χ0) is 20.2. The molecule has 6 heteroatoms. The number of ether oxygens (including phenoxy) is 1. The summed E-state index contributed by atoms with van der Waals surface area (Å²) in [4.78, 5) is 25.3. The average molecular weight is 395 g/mol. The molecule has 1 amide bonds. The fourth-order valence-corrected chi connectivity index (χ4v) is 4.34. The van der Waals surface area contributed by atoms with Crippen molar-refractivity contribution >= 4 is 5.91 Å². The highest BCUT2D eigenvalue weighted by atomic mass is 16.5. The van der Waals surface area contributed by atoms with Gasteiger partial charge in [-0.05, 0) is 24.3 Å². The molecule has 0 N–H and O–H groups in total. The first-order valence-corrected chi connectivity index (χ1v) is 10.6. The molecule has 2 aromatic rings. The van der Waals surface area contributed by atoms with E-state index >= 15 is 0 Å². The van der Waals surface area contributed by atoms with Gasteiger partial charge in [0, 0.05) is 44.6 Å². The van der Waals surface area contributed by atoms with Gasteiger partial charge in [0.25, 0.3) is 5.91 Å². The van der Waals surface area contributed by atoms with E-state index in [-0.39, 0.29) is 18.1 Å². The standard InChI is InChI=1S/C23H30N4O2/c1-17(2)21-15-27(16-22(29-21)18-6-4-3-5-7-18)19-8-12-26(13-9-19)23(28)20-14-24-10-11-25-20/h3-7,10-11,14,17,19,21-22H,8-9,12-13,15-16H2,1-2H3/t21-,22+/m1/s1. The Morgan fingerprint density at radius 2 is 1.86 bits per heavy atom. The predicted octanol–water partition coefficient (Wildman–Crippen LogP) is 3.18. The van der Waals surface area contributed by atoms with Gasteiger partial charge in [-0.1, -0.05) is 44.2 Å². The number of likely N-dealkylation sites (tertiary alicyclic amines) is 1. The maximum absolute atomic E-state index is 12.7. The first-order valence-electron chi connectivity index (χ1n) is 10.6. The molecular formula is C23H30N4O2. The Hall–Kier alpha value is -2.31. The van der Waals surface area contributed by atoms with Gasteiger partial charge in [-0.2, -0.15) is 0 Å². The smallest absolute Gasteiger partial charge is 0.274 e. The highest BCUT2D eigenvalue weighted by molar-refractivity contribution is 5.92. The van der Waals surface area contributed by atoms with Crippen LogP contribution in [0.4, 0.5) is 0 Å². The normalized spacial score (nSPS) is 24.0. The van der Waals surface area contributed by atoms with Gasteiger partial charge in [0.15, 0.2) is 0 Å². The summed E-state index contributed by atoms with van der Waals surface area (Å²) in [6.07, 6.45) is 7.02. The number of nitrogens with zero attached hydrogens (tertiary/aromatic N) is 4. The molecule has 0 aliphatic carbocycles. The topological polar surface area (TPSA) is 58.6 Å². The Labute approximate surface area is 172 Å². The summed E-state index contributed by atoms with van der Waals surface area (Å²) in [5, 5.41) is 0. The van der Waals surface area contributed by atoms with Crippen molar-refractivity contribution < 1.29 is 9.53 Å². The number of morpholine rings is 1. The van der Waals surface area contributed by atoms with Crippen molar-refractivity contribution in [2.24, 2.45) is 5.92 Å². The molecule has 6 nitrogen and oxygen atoms in total. The summed E-state index contributed by atoms with van der Waals surface area (Å²) in [5.74, 6) is 0.461. The van der Waals surface area contributed by atoms with E-state index in [0.29, 0.717) is 17.7 Å². The fourth-order valence-electron chi connectivity index (χ4n) is 4.34. The molecule has 2 fully saturated rings. The van der Waals surface area contributed by atoms with Crippen LogP contribution in [0.2, 0.25) is 0 Å². The molecule has 1 aromatic heterocycles. The monoisotopic (exact) mass is 394 g/mol. The number of hydrogen-bond donors (Lipinski definition) is 0. The van der Waals surface area contributed by atoms with Crippen LogP contribution in [0.25, 0.3) is 0 Å². The zero-order valence-corrected chi connectivity index (χ0v) is 17.3. The number of rotatable bonds is 4. The van der Waals surface area contributed by atoms with Gasteiger partial charge in [-0.25, -0.2) is 4.98 Å². The van der Waals surface area contributed by atoms with Crippen LogP contribution in [0.1, 0.15) is 48.8 Å². The van der Waals surface area contributed by atoms with Crippen LogP contribution >= 0.6 is 0 Å². The van der Waals surface area contributed by atoms with Crippen LogP contribution in [0.5, 0.6) is 0 Å². The van der Waals surface area contributed by atoms with E-state index in [1.165, 1.54) is 5.56 Å². The van der Waals surface area contributed by atoms with Crippen LogP contribution in [0, 0.1) is 5.92 Å². The zero-order valence-electron chi connectivity index (χ0n) is 17.3. The number of amides is 1. The molecule has 0 radical (unpaired) electrons. The number of benzene rings is 1. The third-order valence-corrected chi connectivity index (χ3v) is 6.12. The number of carbonyl (C=O) groups excluding carboxylic acids is 1. The summed E-state index contributed by atoms with van der Waals surface area (Å²) in [5.41, 5.74) is 1.68. The molecule has 2 aliphatic heterocycles. The number of carbonyl (C=O) groups is 1. The Bertz CT molecular complexity index is 791. The SMILES string of the molecule is CC(C)[C@H]1CN(C2CCN(C(=O)c3cnccn3)CC2)C[C@@H](c2ccccc2)O1. The lowest BCUT2D eigenvalue weighted by atomic mass is 9.96. The molecule has 154 valence electrons. The highest BCUT2D eigenvalue weighted by Gasteiger charge is 2.36. The molecule has 2 aliphatic rings. The van der Waals surface area contributed by atoms with Gasteiger partial charge in [-0.3, -0.25) is 14.7 Å². The van der Waals surface area contributed by atoms with E-state index in [9.17, 15) is 4.79 Å². The van der Waals surface area contributed by atoms with Crippen molar-refractivity contribution in [3.8, 4) is 0 Å². The van der Waals surface area contributed by atoms with Crippen LogP contribution < -0.4 is 0 Å². The minimum atomic E-state index is -0.0132. The largest absolute Gasteiger partial charge is 0.367 e. The van der Waals surface area contributed by atoms with Crippen molar-refractivity contribution in [3.63, 3.8) is 0 Å². The first-order chi connectivity index (χ1) is 14.1. The van der Waals surface area contributed by atoms with Crippen molar-refractivity contribution in [1.82, 2.24) is 19.8 Å². The molecule has 4 rings (SSSR count).